The van der Waals surface area contributed by atoms with Crippen LogP contribution in [-0.2, 0) is 11.2 Å². The summed E-state index contributed by atoms with van der Waals surface area (Å²) in [7, 11) is 0. The fourth-order valence-corrected chi connectivity index (χ4v) is 2.37. The molecule has 1 aliphatic rings. The van der Waals surface area contributed by atoms with Crippen molar-refractivity contribution in [1.82, 2.24) is 4.90 Å². The summed E-state index contributed by atoms with van der Waals surface area (Å²) in [5.41, 5.74) is 7.18. The van der Waals surface area contributed by atoms with E-state index in [9.17, 15) is 4.79 Å². The molecule has 2 rings (SSSR count). The van der Waals surface area contributed by atoms with Crippen LogP contribution in [0.5, 0.6) is 0 Å². The van der Waals surface area contributed by atoms with Crippen LogP contribution in [0.3, 0.4) is 0 Å². The molecule has 104 valence electrons. The van der Waals surface area contributed by atoms with Crippen molar-refractivity contribution in [2.75, 3.05) is 26.3 Å². The van der Waals surface area contributed by atoms with Gasteiger partial charge in [0.25, 0.3) is 5.91 Å². The number of nitrogens with zero attached hydrogens (tertiary/aromatic N) is 1. The zero-order valence-electron chi connectivity index (χ0n) is 11.7. The summed E-state index contributed by atoms with van der Waals surface area (Å²) in [5, 5.41) is 0. The first kappa shape index (κ1) is 14.0. The van der Waals surface area contributed by atoms with Gasteiger partial charge in [-0.2, -0.15) is 0 Å². The molecule has 0 aliphatic carbocycles. The van der Waals surface area contributed by atoms with Gasteiger partial charge >= 0.3 is 0 Å². The van der Waals surface area contributed by atoms with Gasteiger partial charge in [-0.3, -0.25) is 4.79 Å². The lowest BCUT2D eigenvalue weighted by Gasteiger charge is -2.42. The molecule has 1 aromatic rings. The minimum absolute atomic E-state index is 0.0765. The SMILES string of the molecule is CC1(C)COCCN1C(=O)c1ccc(CCN)cc1. The molecule has 19 heavy (non-hydrogen) atoms. The van der Waals surface area contributed by atoms with E-state index in [4.69, 9.17) is 10.5 Å². The molecule has 1 amide bonds. The number of carbonyl (C=O) groups excluding carboxylic acids is 1. The molecule has 4 heteroatoms. The average molecular weight is 262 g/mol. The minimum atomic E-state index is -0.245. The molecule has 2 N–H and O–H groups in total. The molecule has 0 bridgehead atoms. The molecule has 0 atom stereocenters. The Kier molecular flexibility index (Phi) is 4.22. The second kappa shape index (κ2) is 5.72. The van der Waals surface area contributed by atoms with E-state index in [0.29, 0.717) is 26.3 Å². The minimum Gasteiger partial charge on any atom is -0.377 e. The van der Waals surface area contributed by atoms with Gasteiger partial charge in [0.05, 0.1) is 18.8 Å². The Hall–Kier alpha value is -1.39. The van der Waals surface area contributed by atoms with E-state index < -0.39 is 0 Å². The summed E-state index contributed by atoms with van der Waals surface area (Å²) >= 11 is 0. The van der Waals surface area contributed by atoms with Crippen LogP contribution in [0.15, 0.2) is 24.3 Å². The highest BCUT2D eigenvalue weighted by Crippen LogP contribution is 2.21. The first-order valence-electron chi connectivity index (χ1n) is 6.73. The molecule has 1 aromatic carbocycles. The lowest BCUT2D eigenvalue weighted by atomic mass is 10.0. The predicted molar refractivity (Wildman–Crippen MR) is 75.1 cm³/mol. The molecule has 1 fully saturated rings. The highest BCUT2D eigenvalue weighted by molar-refractivity contribution is 5.94. The Balaban J connectivity index is 2.14. The van der Waals surface area contributed by atoms with E-state index in [1.54, 1.807) is 0 Å². The predicted octanol–water partition coefficient (Wildman–Crippen LogP) is 1.44. The van der Waals surface area contributed by atoms with Crippen molar-refractivity contribution in [3.63, 3.8) is 0 Å². The lowest BCUT2D eigenvalue weighted by molar-refractivity contribution is -0.0370. The van der Waals surface area contributed by atoms with Crippen LogP contribution in [0.25, 0.3) is 0 Å². The standard InChI is InChI=1S/C15H22N2O2/c1-15(2)11-19-10-9-17(15)14(18)13-5-3-12(4-6-13)7-8-16/h3-6H,7-11,16H2,1-2H3. The van der Waals surface area contributed by atoms with Crippen LogP contribution >= 0.6 is 0 Å². The molecule has 0 aromatic heterocycles. The summed E-state index contributed by atoms with van der Waals surface area (Å²) in [6.07, 6.45) is 0.845. The van der Waals surface area contributed by atoms with Crippen molar-refractivity contribution in [3.8, 4) is 0 Å². The second-order valence-corrected chi connectivity index (χ2v) is 5.56. The summed E-state index contributed by atoms with van der Waals surface area (Å²) in [6.45, 7) is 6.55. The van der Waals surface area contributed by atoms with E-state index >= 15 is 0 Å². The summed E-state index contributed by atoms with van der Waals surface area (Å²) < 4.78 is 5.44. The number of carbonyl (C=O) groups is 1. The van der Waals surface area contributed by atoms with E-state index in [-0.39, 0.29) is 11.4 Å². The fourth-order valence-electron chi connectivity index (χ4n) is 2.37. The number of benzene rings is 1. The number of amides is 1. The maximum atomic E-state index is 12.5. The van der Waals surface area contributed by atoms with Gasteiger partial charge in [-0.1, -0.05) is 12.1 Å². The van der Waals surface area contributed by atoms with Crippen LogP contribution < -0.4 is 5.73 Å². The van der Waals surface area contributed by atoms with Crippen molar-refractivity contribution >= 4 is 5.91 Å². The Bertz CT molecular complexity index is 440. The summed E-state index contributed by atoms with van der Waals surface area (Å²) in [5.74, 6) is 0.0765. The normalized spacial score (nSPS) is 18.4. The van der Waals surface area contributed by atoms with E-state index in [2.05, 4.69) is 0 Å². The van der Waals surface area contributed by atoms with Crippen LogP contribution in [0.2, 0.25) is 0 Å². The maximum Gasteiger partial charge on any atom is 0.254 e. The van der Waals surface area contributed by atoms with Crippen molar-refractivity contribution in [3.05, 3.63) is 35.4 Å². The van der Waals surface area contributed by atoms with Gasteiger partial charge in [0.2, 0.25) is 0 Å². The Labute approximate surface area is 114 Å². The van der Waals surface area contributed by atoms with Gasteiger partial charge < -0.3 is 15.4 Å². The van der Waals surface area contributed by atoms with Crippen molar-refractivity contribution in [2.45, 2.75) is 25.8 Å². The molecule has 4 nitrogen and oxygen atoms in total. The number of ether oxygens (including phenoxy) is 1. The first-order chi connectivity index (χ1) is 9.04. The molecule has 0 radical (unpaired) electrons. The zero-order valence-corrected chi connectivity index (χ0v) is 11.7. The average Bonchev–Trinajstić information content (AvgIpc) is 2.39. The van der Waals surface area contributed by atoms with Gasteiger partial charge in [-0.05, 0) is 44.5 Å². The molecular formula is C15H22N2O2. The molecular weight excluding hydrogens is 240 g/mol. The summed E-state index contributed by atoms with van der Waals surface area (Å²) in [4.78, 5) is 14.4. The number of rotatable bonds is 3. The topological polar surface area (TPSA) is 55.6 Å². The molecule has 1 aliphatic heterocycles. The fraction of sp³-hybridized carbons (Fsp3) is 0.533. The van der Waals surface area contributed by atoms with Crippen molar-refractivity contribution in [2.24, 2.45) is 5.73 Å². The lowest BCUT2D eigenvalue weighted by Crippen LogP contribution is -2.55. The highest BCUT2D eigenvalue weighted by atomic mass is 16.5. The quantitative estimate of drug-likeness (QED) is 0.896. The monoisotopic (exact) mass is 262 g/mol. The van der Waals surface area contributed by atoms with Crippen molar-refractivity contribution < 1.29 is 9.53 Å². The Morgan fingerprint density at radius 1 is 1.37 bits per heavy atom. The van der Waals surface area contributed by atoms with Gasteiger partial charge in [0.15, 0.2) is 0 Å². The third-order valence-corrected chi connectivity index (χ3v) is 3.52. The Morgan fingerprint density at radius 3 is 2.63 bits per heavy atom. The summed E-state index contributed by atoms with van der Waals surface area (Å²) in [6, 6.07) is 7.73. The molecule has 0 spiro atoms. The molecule has 1 heterocycles. The third-order valence-electron chi connectivity index (χ3n) is 3.52. The van der Waals surface area contributed by atoms with Crippen LogP contribution in [0.1, 0.15) is 29.8 Å². The third kappa shape index (κ3) is 3.14. The van der Waals surface area contributed by atoms with Gasteiger partial charge in [-0.15, -0.1) is 0 Å². The first-order valence-corrected chi connectivity index (χ1v) is 6.73. The highest BCUT2D eigenvalue weighted by Gasteiger charge is 2.34. The van der Waals surface area contributed by atoms with Gasteiger partial charge in [-0.25, -0.2) is 0 Å². The van der Waals surface area contributed by atoms with Gasteiger partial charge in [0, 0.05) is 12.1 Å². The number of morpholine rings is 1. The molecule has 0 saturated carbocycles. The second-order valence-electron chi connectivity index (χ2n) is 5.56. The van der Waals surface area contributed by atoms with E-state index in [0.717, 1.165) is 12.0 Å². The van der Waals surface area contributed by atoms with Crippen LogP contribution in [0, 0.1) is 0 Å². The van der Waals surface area contributed by atoms with Crippen LogP contribution in [-0.4, -0.2) is 42.6 Å². The van der Waals surface area contributed by atoms with Gasteiger partial charge in [0.1, 0.15) is 0 Å². The largest absolute Gasteiger partial charge is 0.377 e. The van der Waals surface area contributed by atoms with Crippen LogP contribution in [0.4, 0.5) is 0 Å². The maximum absolute atomic E-state index is 12.5. The number of hydrogen-bond donors (Lipinski definition) is 1. The van der Waals surface area contributed by atoms with Crippen molar-refractivity contribution in [1.29, 1.82) is 0 Å². The smallest absolute Gasteiger partial charge is 0.254 e. The van der Waals surface area contributed by atoms with E-state index in [1.165, 1.54) is 5.56 Å². The molecule has 1 saturated heterocycles. The zero-order chi connectivity index (χ0) is 13.9. The number of nitrogens with two attached hydrogens (primary N) is 1. The Morgan fingerprint density at radius 2 is 2.05 bits per heavy atom. The van der Waals surface area contributed by atoms with E-state index in [1.807, 2.05) is 43.0 Å². The number of hydrogen-bond acceptors (Lipinski definition) is 3. The molecule has 0 unspecified atom stereocenters.